The summed E-state index contributed by atoms with van der Waals surface area (Å²) in [5.74, 6) is 0.760. The third kappa shape index (κ3) is 2.31. The average Bonchev–Trinajstić information content (AvgIpc) is 2.99. The Labute approximate surface area is 107 Å². The van der Waals surface area contributed by atoms with Crippen LogP contribution in [-0.2, 0) is 13.6 Å². The minimum atomic E-state index is 0.760. The minimum absolute atomic E-state index is 0.760. The molecule has 5 heteroatoms. The van der Waals surface area contributed by atoms with Crippen molar-refractivity contribution in [3.05, 3.63) is 24.9 Å². The summed E-state index contributed by atoms with van der Waals surface area (Å²) in [5, 5.41) is 7.63. The average molecular weight is 245 g/mol. The SMILES string of the molecule is Cn1cc(-c2cncn2CC2CCNCC2)cn1. The van der Waals surface area contributed by atoms with E-state index in [2.05, 4.69) is 20.0 Å². The van der Waals surface area contributed by atoms with Gasteiger partial charge in [0.15, 0.2) is 0 Å². The van der Waals surface area contributed by atoms with Crippen molar-refractivity contribution in [3.63, 3.8) is 0 Å². The van der Waals surface area contributed by atoms with E-state index >= 15 is 0 Å². The van der Waals surface area contributed by atoms with Crippen molar-refractivity contribution in [3.8, 4) is 11.3 Å². The van der Waals surface area contributed by atoms with E-state index in [1.54, 1.807) is 0 Å². The van der Waals surface area contributed by atoms with Crippen LogP contribution >= 0.6 is 0 Å². The Bertz CT molecular complexity index is 507. The highest BCUT2D eigenvalue weighted by molar-refractivity contribution is 5.56. The Morgan fingerprint density at radius 2 is 2.17 bits per heavy atom. The van der Waals surface area contributed by atoms with Gasteiger partial charge in [-0.15, -0.1) is 0 Å². The first kappa shape index (κ1) is 11.5. The molecule has 0 radical (unpaired) electrons. The molecule has 2 aromatic rings. The maximum absolute atomic E-state index is 4.28. The van der Waals surface area contributed by atoms with Crippen LogP contribution in [0.25, 0.3) is 11.3 Å². The first-order chi connectivity index (χ1) is 8.83. The van der Waals surface area contributed by atoms with Crippen LogP contribution in [0.2, 0.25) is 0 Å². The van der Waals surface area contributed by atoms with E-state index in [1.807, 2.05) is 36.6 Å². The highest BCUT2D eigenvalue weighted by Gasteiger charge is 2.15. The molecule has 1 saturated heterocycles. The molecule has 0 amide bonds. The van der Waals surface area contributed by atoms with E-state index in [1.165, 1.54) is 18.5 Å². The lowest BCUT2D eigenvalue weighted by molar-refractivity contribution is 0.334. The van der Waals surface area contributed by atoms with E-state index in [9.17, 15) is 0 Å². The molecular formula is C13H19N5. The number of hydrogen-bond acceptors (Lipinski definition) is 3. The Morgan fingerprint density at radius 3 is 2.89 bits per heavy atom. The molecule has 1 N–H and O–H groups in total. The van der Waals surface area contributed by atoms with Crippen LogP contribution in [0.5, 0.6) is 0 Å². The van der Waals surface area contributed by atoms with Gasteiger partial charge in [0, 0.05) is 25.4 Å². The topological polar surface area (TPSA) is 47.7 Å². The zero-order chi connectivity index (χ0) is 12.4. The van der Waals surface area contributed by atoms with Crippen molar-refractivity contribution < 1.29 is 0 Å². The molecule has 0 aliphatic carbocycles. The largest absolute Gasteiger partial charge is 0.330 e. The van der Waals surface area contributed by atoms with E-state index < -0.39 is 0 Å². The van der Waals surface area contributed by atoms with Gasteiger partial charge >= 0.3 is 0 Å². The third-order valence-corrected chi connectivity index (χ3v) is 3.63. The Hall–Kier alpha value is -1.62. The van der Waals surface area contributed by atoms with Gasteiger partial charge in [-0.3, -0.25) is 4.68 Å². The summed E-state index contributed by atoms with van der Waals surface area (Å²) in [6.45, 7) is 3.34. The lowest BCUT2D eigenvalue weighted by Crippen LogP contribution is -2.29. The Kier molecular flexibility index (Phi) is 3.15. The van der Waals surface area contributed by atoms with Crippen LogP contribution in [0.3, 0.4) is 0 Å². The van der Waals surface area contributed by atoms with Crippen molar-refractivity contribution in [1.29, 1.82) is 0 Å². The molecule has 0 unspecified atom stereocenters. The zero-order valence-electron chi connectivity index (χ0n) is 10.7. The molecule has 18 heavy (non-hydrogen) atoms. The lowest BCUT2D eigenvalue weighted by Gasteiger charge is -2.23. The molecule has 0 atom stereocenters. The normalized spacial score (nSPS) is 17.2. The predicted molar refractivity (Wildman–Crippen MR) is 70.0 cm³/mol. The highest BCUT2D eigenvalue weighted by Crippen LogP contribution is 2.21. The minimum Gasteiger partial charge on any atom is -0.330 e. The molecule has 0 saturated carbocycles. The monoisotopic (exact) mass is 245 g/mol. The maximum atomic E-state index is 4.28. The summed E-state index contributed by atoms with van der Waals surface area (Å²) >= 11 is 0. The first-order valence-electron chi connectivity index (χ1n) is 6.53. The molecular weight excluding hydrogens is 226 g/mol. The summed E-state index contributed by atoms with van der Waals surface area (Å²) < 4.78 is 4.09. The number of aryl methyl sites for hydroxylation is 1. The fraction of sp³-hybridized carbons (Fsp3) is 0.538. The molecule has 0 bridgehead atoms. The molecule has 0 aromatic carbocycles. The summed E-state index contributed by atoms with van der Waals surface area (Å²) in [6.07, 6.45) is 10.3. The molecule has 1 fully saturated rings. The van der Waals surface area contributed by atoms with Crippen molar-refractivity contribution in [1.82, 2.24) is 24.6 Å². The lowest BCUT2D eigenvalue weighted by atomic mass is 9.98. The highest BCUT2D eigenvalue weighted by atomic mass is 15.2. The van der Waals surface area contributed by atoms with Gasteiger partial charge in [-0.2, -0.15) is 5.10 Å². The second-order valence-electron chi connectivity index (χ2n) is 5.03. The molecule has 3 rings (SSSR count). The standard InChI is InChI=1S/C13H19N5/c1-17-9-12(6-16-17)13-7-15-10-18(13)8-11-2-4-14-5-3-11/h6-7,9-11,14H,2-5,8H2,1H3. The van der Waals surface area contributed by atoms with Gasteiger partial charge in [-0.1, -0.05) is 0 Å². The number of nitrogens with one attached hydrogen (secondary N) is 1. The van der Waals surface area contributed by atoms with Gasteiger partial charge in [-0.25, -0.2) is 4.98 Å². The van der Waals surface area contributed by atoms with Gasteiger partial charge in [-0.05, 0) is 31.8 Å². The molecule has 5 nitrogen and oxygen atoms in total. The summed E-state index contributed by atoms with van der Waals surface area (Å²) in [5.41, 5.74) is 2.31. The predicted octanol–water partition coefficient (Wildman–Crippen LogP) is 1.28. The zero-order valence-corrected chi connectivity index (χ0v) is 10.7. The fourth-order valence-corrected chi connectivity index (χ4v) is 2.60. The number of piperidine rings is 1. The molecule has 0 spiro atoms. The molecule has 1 aliphatic heterocycles. The van der Waals surface area contributed by atoms with Gasteiger partial charge in [0.1, 0.15) is 0 Å². The number of hydrogen-bond donors (Lipinski definition) is 1. The van der Waals surface area contributed by atoms with Crippen LogP contribution in [0, 0.1) is 5.92 Å². The van der Waals surface area contributed by atoms with Crippen molar-refractivity contribution in [2.75, 3.05) is 13.1 Å². The second kappa shape index (κ2) is 4.94. The Balaban J connectivity index is 1.78. The number of imidazole rings is 1. The molecule has 96 valence electrons. The molecule has 1 aliphatic rings. The van der Waals surface area contributed by atoms with E-state index in [0.717, 1.165) is 31.1 Å². The van der Waals surface area contributed by atoms with Gasteiger partial charge in [0.05, 0.1) is 24.4 Å². The Morgan fingerprint density at radius 1 is 1.33 bits per heavy atom. The van der Waals surface area contributed by atoms with Gasteiger partial charge in [0.2, 0.25) is 0 Å². The van der Waals surface area contributed by atoms with Crippen LogP contribution in [0.15, 0.2) is 24.9 Å². The van der Waals surface area contributed by atoms with Crippen molar-refractivity contribution >= 4 is 0 Å². The summed E-state index contributed by atoms with van der Waals surface area (Å²) in [7, 11) is 1.94. The maximum Gasteiger partial charge on any atom is 0.0951 e. The smallest absolute Gasteiger partial charge is 0.0951 e. The van der Waals surface area contributed by atoms with Crippen LogP contribution < -0.4 is 5.32 Å². The van der Waals surface area contributed by atoms with E-state index in [-0.39, 0.29) is 0 Å². The van der Waals surface area contributed by atoms with Gasteiger partial charge in [0.25, 0.3) is 0 Å². The molecule has 2 aromatic heterocycles. The van der Waals surface area contributed by atoms with Crippen LogP contribution in [0.1, 0.15) is 12.8 Å². The number of rotatable bonds is 3. The first-order valence-corrected chi connectivity index (χ1v) is 6.53. The summed E-state index contributed by atoms with van der Waals surface area (Å²) in [4.78, 5) is 4.28. The quantitative estimate of drug-likeness (QED) is 0.886. The van der Waals surface area contributed by atoms with Crippen molar-refractivity contribution in [2.24, 2.45) is 13.0 Å². The second-order valence-corrected chi connectivity index (χ2v) is 5.03. The van der Waals surface area contributed by atoms with E-state index in [4.69, 9.17) is 0 Å². The van der Waals surface area contributed by atoms with E-state index in [0.29, 0.717) is 0 Å². The third-order valence-electron chi connectivity index (χ3n) is 3.63. The van der Waals surface area contributed by atoms with Gasteiger partial charge < -0.3 is 9.88 Å². The number of aromatic nitrogens is 4. The van der Waals surface area contributed by atoms with Crippen LogP contribution in [0.4, 0.5) is 0 Å². The molecule has 3 heterocycles. The van der Waals surface area contributed by atoms with Crippen LogP contribution in [-0.4, -0.2) is 32.4 Å². The fourth-order valence-electron chi connectivity index (χ4n) is 2.60. The van der Waals surface area contributed by atoms with Crippen molar-refractivity contribution in [2.45, 2.75) is 19.4 Å². The summed E-state index contributed by atoms with van der Waals surface area (Å²) in [6, 6.07) is 0. The number of nitrogens with zero attached hydrogens (tertiary/aromatic N) is 4.